The fourth-order valence-electron chi connectivity index (χ4n) is 4.04. The second-order valence-corrected chi connectivity index (χ2v) is 10.6. The fraction of sp³-hybridized carbons (Fsp3) is 0.476. The first kappa shape index (κ1) is 22.0. The predicted molar refractivity (Wildman–Crippen MR) is 119 cm³/mol. The minimum Gasteiger partial charge on any atom is -0.339 e. The summed E-state index contributed by atoms with van der Waals surface area (Å²) in [6.07, 6.45) is 7.60. The number of aryl methyl sites for hydroxylation is 2. The molecule has 1 fully saturated rings. The Labute approximate surface area is 187 Å². The molecular weight excluding hydrogens is 434 g/mol. The fourth-order valence-corrected chi connectivity index (χ4v) is 6.34. The van der Waals surface area contributed by atoms with Crippen molar-refractivity contribution in [3.8, 4) is 0 Å². The number of aromatic nitrogens is 3. The predicted octanol–water partition coefficient (Wildman–Crippen LogP) is 1.97. The number of hydrogen-bond donors (Lipinski definition) is 0. The van der Waals surface area contributed by atoms with Gasteiger partial charge in [-0.2, -0.15) is 4.31 Å². The minimum absolute atomic E-state index is 0.0241. The molecule has 166 valence electrons. The zero-order chi connectivity index (χ0) is 21.8. The largest absolute Gasteiger partial charge is 0.339 e. The van der Waals surface area contributed by atoms with E-state index >= 15 is 0 Å². The van der Waals surface area contributed by atoms with Gasteiger partial charge in [0, 0.05) is 32.7 Å². The lowest BCUT2D eigenvalue weighted by Crippen LogP contribution is -2.51. The number of carbonyl (C=O) groups excluding carboxylic acids is 1. The third kappa shape index (κ3) is 4.86. The molecule has 0 N–H and O–H groups in total. The van der Waals surface area contributed by atoms with Gasteiger partial charge in [0.15, 0.2) is 5.16 Å². The average Bonchev–Trinajstić information content (AvgIpc) is 3.24. The van der Waals surface area contributed by atoms with E-state index in [1.165, 1.54) is 28.1 Å². The number of rotatable bonds is 7. The van der Waals surface area contributed by atoms with Crippen molar-refractivity contribution in [3.05, 3.63) is 48.3 Å². The van der Waals surface area contributed by atoms with Gasteiger partial charge >= 0.3 is 0 Å². The van der Waals surface area contributed by atoms with Crippen LogP contribution in [-0.2, 0) is 34.2 Å². The molecule has 4 rings (SSSR count). The second kappa shape index (κ2) is 9.54. The van der Waals surface area contributed by atoms with Crippen LogP contribution in [0.5, 0.6) is 0 Å². The highest BCUT2D eigenvalue weighted by Crippen LogP contribution is 2.26. The van der Waals surface area contributed by atoms with Crippen molar-refractivity contribution in [3.63, 3.8) is 0 Å². The van der Waals surface area contributed by atoms with E-state index in [1.807, 2.05) is 16.7 Å². The number of piperazine rings is 1. The lowest BCUT2D eigenvalue weighted by Gasteiger charge is -2.34. The Hall–Kier alpha value is -2.17. The first-order chi connectivity index (χ1) is 15.0. The summed E-state index contributed by atoms with van der Waals surface area (Å²) in [7, 11) is -3.55. The van der Waals surface area contributed by atoms with Crippen LogP contribution in [0, 0.1) is 0 Å². The molecule has 2 heterocycles. The average molecular weight is 462 g/mol. The number of nitrogens with zero attached hydrogens (tertiary/aromatic N) is 5. The monoisotopic (exact) mass is 461 g/mol. The lowest BCUT2D eigenvalue weighted by molar-refractivity contribution is -0.129. The van der Waals surface area contributed by atoms with E-state index in [2.05, 4.69) is 16.8 Å². The molecule has 31 heavy (non-hydrogen) atoms. The van der Waals surface area contributed by atoms with Gasteiger partial charge in [0.05, 0.1) is 10.6 Å². The van der Waals surface area contributed by atoms with E-state index < -0.39 is 10.0 Å². The van der Waals surface area contributed by atoms with E-state index in [-0.39, 0.29) is 11.7 Å². The number of benzene rings is 1. The van der Waals surface area contributed by atoms with Gasteiger partial charge in [-0.1, -0.05) is 23.9 Å². The molecular formula is C21H27N5O3S2. The molecule has 0 radical (unpaired) electrons. The van der Waals surface area contributed by atoms with Crippen LogP contribution < -0.4 is 0 Å². The Kier molecular flexibility index (Phi) is 6.78. The molecule has 0 spiro atoms. The van der Waals surface area contributed by atoms with Crippen molar-refractivity contribution in [2.24, 2.45) is 0 Å². The molecule has 1 aliphatic heterocycles. The van der Waals surface area contributed by atoms with Crippen LogP contribution in [0.2, 0.25) is 0 Å². The Morgan fingerprint density at radius 3 is 2.61 bits per heavy atom. The molecule has 2 aliphatic rings. The molecule has 1 aromatic heterocycles. The number of sulfonamides is 1. The molecule has 8 nitrogen and oxygen atoms in total. The second-order valence-electron chi connectivity index (χ2n) is 7.77. The smallest absolute Gasteiger partial charge is 0.243 e. The zero-order valence-corrected chi connectivity index (χ0v) is 19.1. The van der Waals surface area contributed by atoms with Gasteiger partial charge in [-0.3, -0.25) is 4.79 Å². The van der Waals surface area contributed by atoms with E-state index in [9.17, 15) is 13.2 Å². The van der Waals surface area contributed by atoms with Gasteiger partial charge in [-0.15, -0.1) is 16.8 Å². The number of thioether (sulfide) groups is 1. The number of fused-ring (bicyclic) bond motifs is 1. The topological polar surface area (TPSA) is 88.4 Å². The normalized spacial score (nSPS) is 17.4. The van der Waals surface area contributed by atoms with Crippen molar-refractivity contribution in [2.75, 3.05) is 31.9 Å². The summed E-state index contributed by atoms with van der Waals surface area (Å²) in [5.41, 5.74) is 2.42. The zero-order valence-electron chi connectivity index (χ0n) is 17.4. The molecule has 1 aromatic carbocycles. The van der Waals surface area contributed by atoms with E-state index in [0.717, 1.165) is 24.8 Å². The first-order valence-corrected chi connectivity index (χ1v) is 12.9. The summed E-state index contributed by atoms with van der Waals surface area (Å²) in [5.74, 6) is 0.219. The van der Waals surface area contributed by atoms with Crippen molar-refractivity contribution in [1.29, 1.82) is 0 Å². The quantitative estimate of drug-likeness (QED) is 0.463. The number of amides is 1. The molecule has 0 unspecified atom stereocenters. The molecule has 1 amide bonds. The van der Waals surface area contributed by atoms with Gasteiger partial charge in [0.2, 0.25) is 15.9 Å². The van der Waals surface area contributed by atoms with Crippen LogP contribution in [0.4, 0.5) is 0 Å². The van der Waals surface area contributed by atoms with Crippen LogP contribution in [0.3, 0.4) is 0 Å². The highest BCUT2D eigenvalue weighted by atomic mass is 32.2. The third-order valence-electron chi connectivity index (χ3n) is 5.78. The van der Waals surface area contributed by atoms with Crippen molar-refractivity contribution < 1.29 is 13.2 Å². The maximum atomic E-state index is 13.1. The molecule has 2 aromatic rings. The summed E-state index contributed by atoms with van der Waals surface area (Å²) >= 11 is 1.33. The Morgan fingerprint density at radius 1 is 1.13 bits per heavy atom. The van der Waals surface area contributed by atoms with Crippen molar-refractivity contribution in [2.45, 2.75) is 42.3 Å². The summed E-state index contributed by atoms with van der Waals surface area (Å²) in [5, 5.41) is 8.57. The SMILES string of the molecule is C=CCn1cnnc1SCC(=O)N1CCN(S(=O)(=O)c2ccc3c(c2)CCCC3)CC1. The Morgan fingerprint density at radius 2 is 1.87 bits per heavy atom. The standard InChI is InChI=1S/C21H27N5O3S2/c1-2-9-25-16-22-23-21(25)30-15-20(27)24-10-12-26(13-11-24)31(28,29)19-8-7-17-5-3-4-6-18(17)14-19/h2,7-8,14,16H,1,3-6,9-13,15H2. The summed E-state index contributed by atoms with van der Waals surface area (Å²) in [6.45, 7) is 5.69. The summed E-state index contributed by atoms with van der Waals surface area (Å²) < 4.78 is 29.6. The first-order valence-electron chi connectivity index (χ1n) is 10.5. The molecule has 1 aliphatic carbocycles. The van der Waals surface area contributed by atoms with E-state index in [1.54, 1.807) is 23.4 Å². The maximum Gasteiger partial charge on any atom is 0.243 e. The molecule has 0 bridgehead atoms. The van der Waals surface area contributed by atoms with Crippen molar-refractivity contribution >= 4 is 27.7 Å². The van der Waals surface area contributed by atoms with Crippen LogP contribution in [0.1, 0.15) is 24.0 Å². The summed E-state index contributed by atoms with van der Waals surface area (Å²) in [6, 6.07) is 5.54. The molecule has 0 atom stereocenters. The number of hydrogen-bond acceptors (Lipinski definition) is 6. The van der Waals surface area contributed by atoms with Gasteiger partial charge in [-0.05, 0) is 48.9 Å². The van der Waals surface area contributed by atoms with Gasteiger partial charge in [0.25, 0.3) is 0 Å². The molecule has 0 saturated carbocycles. The highest BCUT2D eigenvalue weighted by Gasteiger charge is 2.30. The van der Waals surface area contributed by atoms with Gasteiger partial charge in [-0.25, -0.2) is 8.42 Å². The molecule has 1 saturated heterocycles. The maximum absolute atomic E-state index is 13.1. The van der Waals surface area contributed by atoms with Crippen molar-refractivity contribution in [1.82, 2.24) is 24.0 Å². The number of allylic oxidation sites excluding steroid dienone is 1. The minimum atomic E-state index is -3.55. The molecule has 10 heteroatoms. The number of carbonyl (C=O) groups is 1. The van der Waals surface area contributed by atoms with Gasteiger partial charge in [0.1, 0.15) is 6.33 Å². The van der Waals surface area contributed by atoms with E-state index in [0.29, 0.717) is 42.8 Å². The highest BCUT2D eigenvalue weighted by molar-refractivity contribution is 7.99. The lowest BCUT2D eigenvalue weighted by atomic mass is 9.92. The van der Waals surface area contributed by atoms with E-state index in [4.69, 9.17) is 0 Å². The Balaban J connectivity index is 1.34. The summed E-state index contributed by atoms with van der Waals surface area (Å²) in [4.78, 5) is 14.7. The van der Waals surface area contributed by atoms with Crippen LogP contribution in [0.15, 0.2) is 47.2 Å². The third-order valence-corrected chi connectivity index (χ3v) is 8.64. The van der Waals surface area contributed by atoms with Crippen LogP contribution in [-0.4, -0.2) is 70.2 Å². The Bertz CT molecular complexity index is 1060. The van der Waals surface area contributed by atoms with Gasteiger partial charge < -0.3 is 9.47 Å². The van der Waals surface area contributed by atoms with Crippen LogP contribution in [0.25, 0.3) is 0 Å². The van der Waals surface area contributed by atoms with Crippen LogP contribution >= 0.6 is 11.8 Å².